The van der Waals surface area contributed by atoms with Crippen molar-refractivity contribution in [3.05, 3.63) is 35.4 Å². The molecule has 3 unspecified atom stereocenters. The molecule has 1 heterocycles. The Bertz CT molecular complexity index is 412. The van der Waals surface area contributed by atoms with E-state index in [0.717, 1.165) is 25.6 Å². The fourth-order valence-corrected chi connectivity index (χ4v) is 2.80. The second-order valence-electron chi connectivity index (χ2n) is 5.37. The van der Waals surface area contributed by atoms with E-state index >= 15 is 0 Å². The summed E-state index contributed by atoms with van der Waals surface area (Å²) in [6.07, 6.45) is 0.995. The first-order chi connectivity index (χ1) is 8.49. The molecule has 1 fully saturated rings. The Morgan fingerprint density at radius 1 is 1.33 bits per heavy atom. The van der Waals surface area contributed by atoms with Gasteiger partial charge in [0, 0.05) is 30.7 Å². The first-order valence-electron chi connectivity index (χ1n) is 6.42. The van der Waals surface area contributed by atoms with Crippen molar-refractivity contribution in [3.63, 3.8) is 0 Å². The predicted octanol–water partition coefficient (Wildman–Crippen LogP) is 2.69. The predicted molar refractivity (Wildman–Crippen MR) is 68.1 cm³/mol. The van der Waals surface area contributed by atoms with E-state index in [0.29, 0.717) is 11.5 Å². The molecule has 0 radical (unpaired) electrons. The summed E-state index contributed by atoms with van der Waals surface area (Å²) in [6, 6.07) is 4.32. The monoisotopic (exact) mass is 254 g/mol. The molecule has 18 heavy (non-hydrogen) atoms. The van der Waals surface area contributed by atoms with Gasteiger partial charge in [-0.15, -0.1) is 0 Å². The quantitative estimate of drug-likeness (QED) is 0.879. The molecule has 1 aliphatic rings. The molecule has 0 spiro atoms. The highest BCUT2D eigenvalue weighted by atomic mass is 19.2. The van der Waals surface area contributed by atoms with Gasteiger partial charge in [-0.1, -0.05) is 19.1 Å². The standard InChI is InChI=1S/C14H20F2N2/c1-9-6-11(17)8-18(7-9)10(2)12-4-3-5-13(15)14(12)16/h3-5,9-11H,6-8,17H2,1-2H3. The zero-order valence-electron chi connectivity index (χ0n) is 10.9. The van der Waals surface area contributed by atoms with Gasteiger partial charge in [-0.3, -0.25) is 4.90 Å². The van der Waals surface area contributed by atoms with Gasteiger partial charge in [-0.2, -0.15) is 0 Å². The molecule has 2 nitrogen and oxygen atoms in total. The van der Waals surface area contributed by atoms with E-state index in [1.54, 1.807) is 12.1 Å². The van der Waals surface area contributed by atoms with Gasteiger partial charge < -0.3 is 5.73 Å². The Balaban J connectivity index is 2.20. The molecule has 1 aromatic carbocycles. The number of hydrogen-bond acceptors (Lipinski definition) is 2. The summed E-state index contributed by atoms with van der Waals surface area (Å²) in [5.74, 6) is -1.03. The zero-order chi connectivity index (χ0) is 13.3. The van der Waals surface area contributed by atoms with E-state index in [9.17, 15) is 8.78 Å². The van der Waals surface area contributed by atoms with E-state index in [2.05, 4.69) is 11.8 Å². The van der Waals surface area contributed by atoms with Gasteiger partial charge in [0.25, 0.3) is 0 Å². The number of nitrogens with zero attached hydrogens (tertiary/aromatic N) is 1. The van der Waals surface area contributed by atoms with E-state index in [4.69, 9.17) is 5.73 Å². The van der Waals surface area contributed by atoms with Crippen molar-refractivity contribution < 1.29 is 8.78 Å². The summed E-state index contributed by atoms with van der Waals surface area (Å²) in [7, 11) is 0. The van der Waals surface area contributed by atoms with Crippen LogP contribution in [0.1, 0.15) is 31.9 Å². The molecule has 3 atom stereocenters. The Morgan fingerprint density at radius 3 is 2.72 bits per heavy atom. The average molecular weight is 254 g/mol. The van der Waals surface area contributed by atoms with Gasteiger partial charge in [-0.25, -0.2) is 8.78 Å². The smallest absolute Gasteiger partial charge is 0.163 e. The Hall–Kier alpha value is -1.00. The molecule has 100 valence electrons. The SMILES string of the molecule is CC1CC(N)CN(C(C)c2cccc(F)c2F)C1. The minimum atomic E-state index is -0.784. The molecule has 0 amide bonds. The lowest BCUT2D eigenvalue weighted by atomic mass is 9.94. The second kappa shape index (κ2) is 5.33. The molecule has 0 aromatic heterocycles. The molecular formula is C14H20F2N2. The maximum Gasteiger partial charge on any atom is 0.163 e. The topological polar surface area (TPSA) is 29.3 Å². The van der Waals surface area contributed by atoms with Gasteiger partial charge >= 0.3 is 0 Å². The van der Waals surface area contributed by atoms with Crippen LogP contribution in [0.25, 0.3) is 0 Å². The van der Waals surface area contributed by atoms with Gasteiger partial charge in [0.1, 0.15) is 0 Å². The molecule has 4 heteroatoms. The molecule has 0 saturated carbocycles. The van der Waals surface area contributed by atoms with Crippen molar-refractivity contribution >= 4 is 0 Å². The molecule has 2 N–H and O–H groups in total. The first kappa shape index (κ1) is 13.4. The van der Waals surface area contributed by atoms with Crippen LogP contribution in [0.5, 0.6) is 0 Å². The molecule has 0 bridgehead atoms. The Kier molecular flexibility index (Phi) is 3.97. The lowest BCUT2D eigenvalue weighted by molar-refractivity contribution is 0.121. The Morgan fingerprint density at radius 2 is 2.06 bits per heavy atom. The van der Waals surface area contributed by atoms with Crippen molar-refractivity contribution in [2.75, 3.05) is 13.1 Å². The summed E-state index contributed by atoms with van der Waals surface area (Å²) >= 11 is 0. The van der Waals surface area contributed by atoms with E-state index < -0.39 is 11.6 Å². The molecule has 1 aromatic rings. The molecule has 1 saturated heterocycles. The summed E-state index contributed by atoms with van der Waals surface area (Å²) in [4.78, 5) is 2.14. The lowest BCUT2D eigenvalue weighted by Crippen LogP contribution is -2.47. The van der Waals surface area contributed by atoms with Gasteiger partial charge in [-0.05, 0) is 25.3 Å². The minimum Gasteiger partial charge on any atom is -0.327 e. The highest BCUT2D eigenvalue weighted by molar-refractivity contribution is 5.22. The summed E-state index contributed by atoms with van der Waals surface area (Å²) in [5, 5.41) is 0. The van der Waals surface area contributed by atoms with Crippen LogP contribution in [0, 0.1) is 17.6 Å². The average Bonchev–Trinajstić information content (AvgIpc) is 2.30. The first-order valence-corrected chi connectivity index (χ1v) is 6.42. The number of likely N-dealkylation sites (tertiary alicyclic amines) is 1. The number of halogens is 2. The van der Waals surface area contributed by atoms with Crippen LogP contribution >= 0.6 is 0 Å². The maximum atomic E-state index is 13.8. The zero-order valence-corrected chi connectivity index (χ0v) is 10.9. The van der Waals surface area contributed by atoms with Crippen LogP contribution in [0.15, 0.2) is 18.2 Å². The van der Waals surface area contributed by atoms with E-state index in [1.807, 2.05) is 6.92 Å². The molecule has 0 aliphatic carbocycles. The van der Waals surface area contributed by atoms with Crippen molar-refractivity contribution in [2.45, 2.75) is 32.4 Å². The highest BCUT2D eigenvalue weighted by Crippen LogP contribution is 2.28. The van der Waals surface area contributed by atoms with E-state index in [1.165, 1.54) is 0 Å². The minimum absolute atomic E-state index is 0.118. The Labute approximate surface area is 107 Å². The van der Waals surface area contributed by atoms with Crippen LogP contribution in [-0.4, -0.2) is 24.0 Å². The van der Waals surface area contributed by atoms with Crippen LogP contribution in [0.4, 0.5) is 8.78 Å². The lowest BCUT2D eigenvalue weighted by Gasteiger charge is -2.38. The third-order valence-corrected chi connectivity index (χ3v) is 3.70. The summed E-state index contributed by atoms with van der Waals surface area (Å²) < 4.78 is 27.0. The van der Waals surface area contributed by atoms with Crippen LogP contribution in [-0.2, 0) is 0 Å². The largest absolute Gasteiger partial charge is 0.327 e. The van der Waals surface area contributed by atoms with Crippen molar-refractivity contribution in [1.29, 1.82) is 0 Å². The fourth-order valence-electron chi connectivity index (χ4n) is 2.80. The van der Waals surface area contributed by atoms with Crippen molar-refractivity contribution in [1.82, 2.24) is 4.90 Å². The van der Waals surface area contributed by atoms with Crippen molar-refractivity contribution in [2.24, 2.45) is 11.7 Å². The van der Waals surface area contributed by atoms with Crippen LogP contribution < -0.4 is 5.73 Å². The van der Waals surface area contributed by atoms with Gasteiger partial charge in [0.15, 0.2) is 11.6 Å². The third-order valence-electron chi connectivity index (χ3n) is 3.70. The third kappa shape index (κ3) is 2.70. The number of piperidine rings is 1. The molecule has 1 aliphatic heterocycles. The summed E-state index contributed by atoms with van der Waals surface area (Å²) in [6.45, 7) is 5.66. The van der Waals surface area contributed by atoms with Gasteiger partial charge in [0.2, 0.25) is 0 Å². The van der Waals surface area contributed by atoms with E-state index in [-0.39, 0.29) is 12.1 Å². The van der Waals surface area contributed by atoms with Gasteiger partial charge in [0.05, 0.1) is 0 Å². The van der Waals surface area contributed by atoms with Crippen LogP contribution in [0.2, 0.25) is 0 Å². The summed E-state index contributed by atoms with van der Waals surface area (Å²) in [5.41, 5.74) is 6.40. The maximum absolute atomic E-state index is 13.8. The van der Waals surface area contributed by atoms with Crippen LogP contribution in [0.3, 0.4) is 0 Å². The number of rotatable bonds is 2. The number of hydrogen-bond donors (Lipinski definition) is 1. The second-order valence-corrected chi connectivity index (χ2v) is 5.37. The fraction of sp³-hybridized carbons (Fsp3) is 0.571. The number of nitrogens with two attached hydrogens (primary N) is 1. The van der Waals surface area contributed by atoms with Crippen molar-refractivity contribution in [3.8, 4) is 0 Å². The number of benzene rings is 1. The normalized spacial score (nSPS) is 27.2. The molecular weight excluding hydrogens is 234 g/mol. The molecule has 2 rings (SSSR count). The highest BCUT2D eigenvalue weighted by Gasteiger charge is 2.28.